The van der Waals surface area contributed by atoms with E-state index >= 15 is 0 Å². The number of thiazole rings is 1. The molecule has 2 N–H and O–H groups in total. The zero-order valence-electron chi connectivity index (χ0n) is 9.14. The highest BCUT2D eigenvalue weighted by atomic mass is 32.1. The fourth-order valence-corrected chi connectivity index (χ4v) is 2.26. The van der Waals surface area contributed by atoms with Crippen molar-refractivity contribution in [2.24, 2.45) is 0 Å². The molecule has 0 spiro atoms. The molecule has 1 aromatic heterocycles. The molecule has 5 nitrogen and oxygen atoms in total. The lowest BCUT2D eigenvalue weighted by molar-refractivity contribution is -0.136. The summed E-state index contributed by atoms with van der Waals surface area (Å²) in [5.74, 6) is -1.82. The van der Waals surface area contributed by atoms with E-state index in [1.807, 2.05) is 0 Å². The fraction of sp³-hybridized carbons (Fsp3) is 0.182. The van der Waals surface area contributed by atoms with Crippen molar-refractivity contribution in [3.8, 4) is 0 Å². The van der Waals surface area contributed by atoms with Crippen molar-refractivity contribution in [1.82, 2.24) is 10.3 Å². The summed E-state index contributed by atoms with van der Waals surface area (Å²) >= 11 is 1.07. The molecule has 1 amide bonds. The quantitative estimate of drug-likeness (QED) is 0.883. The highest BCUT2D eigenvalue weighted by molar-refractivity contribution is 7.20. The van der Waals surface area contributed by atoms with E-state index in [4.69, 9.17) is 5.11 Å². The maximum absolute atomic E-state index is 13.0. The Morgan fingerprint density at radius 1 is 1.44 bits per heavy atom. The first-order chi connectivity index (χ1) is 8.56. The van der Waals surface area contributed by atoms with Gasteiger partial charge in [0.15, 0.2) is 5.01 Å². The number of aromatic nitrogens is 1. The van der Waals surface area contributed by atoms with Gasteiger partial charge in [-0.05, 0) is 18.2 Å². The Hall–Kier alpha value is -2.02. The monoisotopic (exact) mass is 268 g/mol. The Morgan fingerprint density at radius 3 is 2.94 bits per heavy atom. The molecule has 7 heteroatoms. The SMILES string of the molecule is O=C(O)CCNC(=O)c1nc2ccc(F)cc2s1. The van der Waals surface area contributed by atoms with Gasteiger partial charge in [-0.15, -0.1) is 11.3 Å². The molecule has 2 rings (SSSR count). The van der Waals surface area contributed by atoms with E-state index in [0.29, 0.717) is 10.2 Å². The molecule has 0 radical (unpaired) electrons. The maximum atomic E-state index is 13.0. The number of benzene rings is 1. The van der Waals surface area contributed by atoms with Crippen LogP contribution < -0.4 is 5.32 Å². The third-order valence-electron chi connectivity index (χ3n) is 2.17. The van der Waals surface area contributed by atoms with Crippen LogP contribution in [-0.4, -0.2) is 28.5 Å². The van der Waals surface area contributed by atoms with Gasteiger partial charge < -0.3 is 10.4 Å². The molecule has 0 aliphatic carbocycles. The van der Waals surface area contributed by atoms with Gasteiger partial charge in [0.25, 0.3) is 5.91 Å². The van der Waals surface area contributed by atoms with E-state index in [-0.39, 0.29) is 23.8 Å². The average molecular weight is 268 g/mol. The van der Waals surface area contributed by atoms with Gasteiger partial charge in [0, 0.05) is 6.54 Å². The zero-order valence-corrected chi connectivity index (χ0v) is 9.96. The summed E-state index contributed by atoms with van der Waals surface area (Å²) in [6.45, 7) is 0.0401. The Balaban J connectivity index is 2.10. The average Bonchev–Trinajstić information content (AvgIpc) is 2.71. The second kappa shape index (κ2) is 5.09. The third-order valence-corrected chi connectivity index (χ3v) is 3.19. The first-order valence-corrected chi connectivity index (χ1v) is 5.94. The smallest absolute Gasteiger partial charge is 0.305 e. The molecule has 0 fully saturated rings. The lowest BCUT2D eigenvalue weighted by Gasteiger charge is -1.98. The molecule has 18 heavy (non-hydrogen) atoms. The van der Waals surface area contributed by atoms with Gasteiger partial charge in [0.2, 0.25) is 0 Å². The van der Waals surface area contributed by atoms with Crippen LogP contribution in [0.4, 0.5) is 4.39 Å². The van der Waals surface area contributed by atoms with Crippen LogP contribution in [-0.2, 0) is 4.79 Å². The number of carboxylic acid groups (broad SMARTS) is 1. The van der Waals surface area contributed by atoms with Gasteiger partial charge in [-0.3, -0.25) is 9.59 Å². The summed E-state index contributed by atoms with van der Waals surface area (Å²) in [5, 5.41) is 11.1. The summed E-state index contributed by atoms with van der Waals surface area (Å²) in [6.07, 6.45) is -0.148. The molecular formula is C11H9FN2O3S. The molecule has 0 saturated heterocycles. The number of carboxylic acids is 1. The number of amides is 1. The van der Waals surface area contributed by atoms with Crippen LogP contribution in [0.3, 0.4) is 0 Å². The summed E-state index contributed by atoms with van der Waals surface area (Å²) in [5.41, 5.74) is 0.546. The predicted octanol–water partition coefficient (Wildman–Crippen LogP) is 1.64. The number of halogens is 1. The highest BCUT2D eigenvalue weighted by Gasteiger charge is 2.12. The zero-order chi connectivity index (χ0) is 13.1. The standard InChI is InChI=1S/C11H9FN2O3S/c12-6-1-2-7-8(5-6)18-11(14-7)10(17)13-4-3-9(15)16/h1-2,5H,3-4H2,(H,13,17)(H,15,16). The first-order valence-electron chi connectivity index (χ1n) is 5.12. The Labute approximate surface area is 105 Å². The minimum absolute atomic E-state index is 0.0401. The van der Waals surface area contributed by atoms with Crippen LogP contribution in [0.5, 0.6) is 0 Å². The van der Waals surface area contributed by atoms with Crippen LogP contribution in [0, 0.1) is 5.82 Å². The molecule has 0 unspecified atom stereocenters. The number of carbonyl (C=O) groups excluding carboxylic acids is 1. The lowest BCUT2D eigenvalue weighted by atomic mass is 10.3. The van der Waals surface area contributed by atoms with Crippen LogP contribution in [0.1, 0.15) is 16.2 Å². The van der Waals surface area contributed by atoms with Gasteiger partial charge in [-0.1, -0.05) is 0 Å². The number of rotatable bonds is 4. The maximum Gasteiger partial charge on any atom is 0.305 e. The van der Waals surface area contributed by atoms with Gasteiger partial charge >= 0.3 is 5.97 Å². The van der Waals surface area contributed by atoms with E-state index < -0.39 is 11.9 Å². The van der Waals surface area contributed by atoms with Crippen molar-refractivity contribution in [2.75, 3.05) is 6.54 Å². The summed E-state index contributed by atoms with van der Waals surface area (Å²) in [4.78, 5) is 26.0. The van der Waals surface area contributed by atoms with E-state index in [9.17, 15) is 14.0 Å². The number of hydrogen-bond acceptors (Lipinski definition) is 4. The molecule has 1 aromatic carbocycles. The van der Waals surface area contributed by atoms with Crippen LogP contribution >= 0.6 is 11.3 Å². The number of fused-ring (bicyclic) bond motifs is 1. The van der Waals surface area contributed by atoms with Gasteiger partial charge in [-0.2, -0.15) is 0 Å². The Bertz CT molecular complexity index is 611. The minimum Gasteiger partial charge on any atom is -0.481 e. The predicted molar refractivity (Wildman–Crippen MR) is 64.2 cm³/mol. The first kappa shape index (κ1) is 12.4. The van der Waals surface area contributed by atoms with E-state index in [2.05, 4.69) is 10.3 Å². The summed E-state index contributed by atoms with van der Waals surface area (Å²) in [7, 11) is 0. The van der Waals surface area contributed by atoms with Crippen LogP contribution in [0.15, 0.2) is 18.2 Å². The molecule has 2 aromatic rings. The van der Waals surface area contributed by atoms with Crippen molar-refractivity contribution < 1.29 is 19.1 Å². The summed E-state index contributed by atoms with van der Waals surface area (Å²) in [6, 6.07) is 4.07. The lowest BCUT2D eigenvalue weighted by Crippen LogP contribution is -2.25. The topological polar surface area (TPSA) is 79.3 Å². The van der Waals surface area contributed by atoms with Crippen LogP contribution in [0.2, 0.25) is 0 Å². The van der Waals surface area contributed by atoms with E-state index in [1.165, 1.54) is 18.2 Å². The molecule has 0 aliphatic heterocycles. The van der Waals surface area contributed by atoms with E-state index in [1.54, 1.807) is 0 Å². The van der Waals surface area contributed by atoms with E-state index in [0.717, 1.165) is 11.3 Å². The van der Waals surface area contributed by atoms with Crippen LogP contribution in [0.25, 0.3) is 10.2 Å². The number of nitrogens with one attached hydrogen (secondary N) is 1. The summed E-state index contributed by atoms with van der Waals surface area (Å²) < 4.78 is 13.5. The highest BCUT2D eigenvalue weighted by Crippen LogP contribution is 2.22. The molecule has 1 heterocycles. The van der Waals surface area contributed by atoms with Crippen molar-refractivity contribution in [2.45, 2.75) is 6.42 Å². The largest absolute Gasteiger partial charge is 0.481 e. The number of aliphatic carboxylic acids is 1. The normalized spacial score (nSPS) is 10.5. The van der Waals surface area contributed by atoms with Crippen molar-refractivity contribution in [3.63, 3.8) is 0 Å². The number of hydrogen-bond donors (Lipinski definition) is 2. The fourth-order valence-electron chi connectivity index (χ4n) is 1.35. The molecular weight excluding hydrogens is 259 g/mol. The number of carbonyl (C=O) groups is 2. The minimum atomic E-state index is -0.985. The van der Waals surface area contributed by atoms with Gasteiger partial charge in [0.05, 0.1) is 16.6 Å². The van der Waals surface area contributed by atoms with Crippen molar-refractivity contribution >= 4 is 33.4 Å². The van der Waals surface area contributed by atoms with Crippen molar-refractivity contribution in [3.05, 3.63) is 29.0 Å². The molecule has 0 saturated carbocycles. The number of nitrogens with zero attached hydrogens (tertiary/aromatic N) is 1. The molecule has 0 aliphatic rings. The van der Waals surface area contributed by atoms with Gasteiger partial charge in [0.1, 0.15) is 5.82 Å². The van der Waals surface area contributed by atoms with Crippen molar-refractivity contribution in [1.29, 1.82) is 0 Å². The molecule has 0 bridgehead atoms. The van der Waals surface area contributed by atoms with Gasteiger partial charge in [-0.25, -0.2) is 9.37 Å². The second-order valence-corrected chi connectivity index (χ2v) is 4.56. The third kappa shape index (κ3) is 2.80. The second-order valence-electron chi connectivity index (χ2n) is 3.53. The molecule has 94 valence electrons. The Morgan fingerprint density at radius 2 is 2.22 bits per heavy atom. The molecule has 0 atom stereocenters. The Kier molecular flexibility index (Phi) is 3.52.